The largest absolute Gasteiger partial charge is 0.330 e. The second-order valence-electron chi connectivity index (χ2n) is 2.03. The minimum absolute atomic E-state index is 0.811. The zero-order valence-electron chi connectivity index (χ0n) is 5.78. The molecule has 0 saturated carbocycles. The van der Waals surface area contributed by atoms with Gasteiger partial charge in [-0.25, -0.2) is 0 Å². The minimum atomic E-state index is 0.811. The zero-order valence-corrected chi connectivity index (χ0v) is 5.78. The van der Waals surface area contributed by atoms with E-state index in [4.69, 9.17) is 5.73 Å². The van der Waals surface area contributed by atoms with Crippen LogP contribution < -0.4 is 5.73 Å². The predicted molar refractivity (Wildman–Crippen MR) is 37.7 cm³/mol. The number of rotatable bonds is 3. The van der Waals surface area contributed by atoms with Gasteiger partial charge in [-0.2, -0.15) is 0 Å². The molecular formula is C7H15N. The first kappa shape index (κ1) is 7.70. The molecule has 0 aliphatic carbocycles. The normalized spacial score (nSPS) is 12.1. The summed E-state index contributed by atoms with van der Waals surface area (Å²) in [4.78, 5) is 0. The van der Waals surface area contributed by atoms with Crippen LogP contribution in [-0.4, -0.2) is 6.54 Å². The van der Waals surface area contributed by atoms with Crippen LogP contribution in [-0.2, 0) is 0 Å². The molecule has 0 bridgehead atoms. The Morgan fingerprint density at radius 2 is 2.25 bits per heavy atom. The fourth-order valence-corrected chi connectivity index (χ4v) is 0.525. The molecule has 0 radical (unpaired) electrons. The highest BCUT2D eigenvalue weighted by Gasteiger charge is 1.83. The third-order valence-electron chi connectivity index (χ3n) is 1.27. The van der Waals surface area contributed by atoms with Gasteiger partial charge in [0.1, 0.15) is 0 Å². The van der Waals surface area contributed by atoms with Crippen LogP contribution in [0.25, 0.3) is 0 Å². The number of hydrogen-bond donors (Lipinski definition) is 1. The van der Waals surface area contributed by atoms with Gasteiger partial charge in [0.25, 0.3) is 0 Å². The molecule has 0 fully saturated rings. The van der Waals surface area contributed by atoms with E-state index in [1.807, 2.05) is 0 Å². The van der Waals surface area contributed by atoms with Crippen LogP contribution in [0.4, 0.5) is 0 Å². The maximum absolute atomic E-state index is 5.30. The summed E-state index contributed by atoms with van der Waals surface area (Å²) in [5, 5.41) is 0. The van der Waals surface area contributed by atoms with Crippen LogP contribution in [0.5, 0.6) is 0 Å². The highest BCUT2D eigenvalue weighted by atomic mass is 14.5. The summed E-state index contributed by atoms with van der Waals surface area (Å²) in [5.74, 6) is 0. The lowest BCUT2D eigenvalue weighted by molar-refractivity contribution is 0.822. The van der Waals surface area contributed by atoms with Gasteiger partial charge in [-0.05, 0) is 33.2 Å². The summed E-state index contributed by atoms with van der Waals surface area (Å²) in [5.41, 5.74) is 6.74. The topological polar surface area (TPSA) is 26.0 Å². The maximum Gasteiger partial charge on any atom is -0.00742 e. The first-order chi connectivity index (χ1) is 3.81. The molecule has 0 rings (SSSR count). The lowest BCUT2D eigenvalue weighted by Crippen LogP contribution is -1.97. The fraction of sp³-hybridized carbons (Fsp3) is 0.714. The van der Waals surface area contributed by atoms with Crippen molar-refractivity contribution in [1.82, 2.24) is 0 Å². The summed E-state index contributed by atoms with van der Waals surface area (Å²) >= 11 is 0. The van der Waals surface area contributed by atoms with Gasteiger partial charge < -0.3 is 5.73 Å². The molecular weight excluding hydrogens is 98.1 g/mol. The van der Waals surface area contributed by atoms with Crippen molar-refractivity contribution in [3.8, 4) is 0 Å². The van der Waals surface area contributed by atoms with E-state index in [9.17, 15) is 0 Å². The summed E-state index contributed by atoms with van der Waals surface area (Å²) in [7, 11) is 0. The Morgan fingerprint density at radius 3 is 2.62 bits per heavy atom. The van der Waals surface area contributed by atoms with Gasteiger partial charge in [-0.3, -0.25) is 0 Å². The standard InChI is InChI=1S/C7H15N/c1-3-7(2)5-4-6-8/h3H,4-6,8H2,1-2H3/b7-3-. The Bertz CT molecular complexity index is 74.5. The van der Waals surface area contributed by atoms with Gasteiger partial charge in [0.2, 0.25) is 0 Å². The smallest absolute Gasteiger partial charge is 0.00742 e. The van der Waals surface area contributed by atoms with Crippen LogP contribution in [0.1, 0.15) is 26.7 Å². The molecule has 0 aromatic rings. The van der Waals surface area contributed by atoms with E-state index in [0.29, 0.717) is 0 Å². The van der Waals surface area contributed by atoms with Crippen molar-refractivity contribution in [2.75, 3.05) is 6.54 Å². The molecule has 1 heteroatoms. The highest BCUT2D eigenvalue weighted by Crippen LogP contribution is 2.00. The molecule has 0 aromatic heterocycles. The zero-order chi connectivity index (χ0) is 6.41. The van der Waals surface area contributed by atoms with Crippen LogP contribution >= 0.6 is 0 Å². The average molecular weight is 113 g/mol. The molecule has 0 spiro atoms. The first-order valence-electron chi connectivity index (χ1n) is 3.13. The fourth-order valence-electron chi connectivity index (χ4n) is 0.525. The van der Waals surface area contributed by atoms with Crippen LogP contribution in [0.2, 0.25) is 0 Å². The first-order valence-corrected chi connectivity index (χ1v) is 3.13. The number of allylic oxidation sites excluding steroid dienone is 2. The number of nitrogens with two attached hydrogens (primary N) is 1. The molecule has 0 unspecified atom stereocenters. The third-order valence-corrected chi connectivity index (χ3v) is 1.27. The van der Waals surface area contributed by atoms with Crippen molar-refractivity contribution in [1.29, 1.82) is 0 Å². The minimum Gasteiger partial charge on any atom is -0.330 e. The van der Waals surface area contributed by atoms with E-state index in [2.05, 4.69) is 19.9 Å². The van der Waals surface area contributed by atoms with Crippen LogP contribution in [0.15, 0.2) is 11.6 Å². The van der Waals surface area contributed by atoms with E-state index in [1.54, 1.807) is 0 Å². The van der Waals surface area contributed by atoms with Crippen molar-refractivity contribution < 1.29 is 0 Å². The van der Waals surface area contributed by atoms with Crippen molar-refractivity contribution in [2.24, 2.45) is 5.73 Å². The Morgan fingerprint density at radius 1 is 1.62 bits per heavy atom. The van der Waals surface area contributed by atoms with E-state index >= 15 is 0 Å². The van der Waals surface area contributed by atoms with E-state index in [-0.39, 0.29) is 0 Å². The van der Waals surface area contributed by atoms with Gasteiger partial charge in [0.05, 0.1) is 0 Å². The summed E-state index contributed by atoms with van der Waals surface area (Å²) in [6.07, 6.45) is 4.42. The van der Waals surface area contributed by atoms with Gasteiger partial charge in [-0.1, -0.05) is 11.6 Å². The maximum atomic E-state index is 5.30. The molecule has 0 heterocycles. The van der Waals surface area contributed by atoms with Crippen molar-refractivity contribution in [3.05, 3.63) is 11.6 Å². The monoisotopic (exact) mass is 113 g/mol. The average Bonchev–Trinajstić information content (AvgIpc) is 1.83. The molecule has 8 heavy (non-hydrogen) atoms. The van der Waals surface area contributed by atoms with Gasteiger partial charge in [0, 0.05) is 0 Å². The Hall–Kier alpha value is -0.300. The van der Waals surface area contributed by atoms with Gasteiger partial charge in [0.15, 0.2) is 0 Å². The lowest BCUT2D eigenvalue weighted by atomic mass is 10.1. The molecule has 1 nitrogen and oxygen atoms in total. The van der Waals surface area contributed by atoms with Crippen LogP contribution in [0.3, 0.4) is 0 Å². The van der Waals surface area contributed by atoms with Gasteiger partial charge >= 0.3 is 0 Å². The summed E-state index contributed by atoms with van der Waals surface area (Å²) in [6.45, 7) is 5.01. The predicted octanol–water partition coefficient (Wildman–Crippen LogP) is 1.69. The van der Waals surface area contributed by atoms with Crippen molar-refractivity contribution >= 4 is 0 Å². The highest BCUT2D eigenvalue weighted by molar-refractivity contribution is 4.94. The Labute approximate surface area is 51.6 Å². The quantitative estimate of drug-likeness (QED) is 0.554. The Balaban J connectivity index is 3.12. The second-order valence-corrected chi connectivity index (χ2v) is 2.03. The van der Waals surface area contributed by atoms with Crippen LogP contribution in [0, 0.1) is 0 Å². The number of hydrogen-bond acceptors (Lipinski definition) is 1. The van der Waals surface area contributed by atoms with Gasteiger partial charge in [-0.15, -0.1) is 0 Å². The summed E-state index contributed by atoms with van der Waals surface area (Å²) < 4.78 is 0. The summed E-state index contributed by atoms with van der Waals surface area (Å²) in [6, 6.07) is 0. The lowest BCUT2D eigenvalue weighted by Gasteiger charge is -1.94. The molecule has 0 amide bonds. The molecule has 48 valence electrons. The van der Waals surface area contributed by atoms with E-state index in [0.717, 1.165) is 19.4 Å². The SMILES string of the molecule is C/C=C(/C)CCCN. The molecule has 0 atom stereocenters. The molecule has 0 aromatic carbocycles. The second kappa shape index (κ2) is 4.85. The van der Waals surface area contributed by atoms with E-state index in [1.165, 1.54) is 5.57 Å². The van der Waals surface area contributed by atoms with E-state index < -0.39 is 0 Å². The molecule has 0 saturated heterocycles. The Kier molecular flexibility index (Phi) is 4.67. The molecule has 2 N–H and O–H groups in total. The molecule has 0 aliphatic heterocycles. The van der Waals surface area contributed by atoms with Crippen molar-refractivity contribution in [2.45, 2.75) is 26.7 Å². The van der Waals surface area contributed by atoms with Crippen molar-refractivity contribution in [3.63, 3.8) is 0 Å². The third kappa shape index (κ3) is 3.88. The molecule has 0 aliphatic rings.